The van der Waals surface area contributed by atoms with E-state index < -0.39 is 0 Å². The van der Waals surface area contributed by atoms with Gasteiger partial charge in [0.15, 0.2) is 0 Å². The third-order valence-electron chi connectivity index (χ3n) is 13.8. The maximum atomic E-state index is 2.42. The Kier molecular flexibility index (Phi) is 8.67. The number of aromatic nitrogens is 3. The third kappa shape index (κ3) is 6.32. The molecule has 12 aromatic rings. The van der Waals surface area contributed by atoms with E-state index in [1.165, 1.54) is 110 Å². The molecular formula is C62H51N3. The Labute approximate surface area is 380 Å². The number of nitrogens with zero attached hydrogens (tertiary/aromatic N) is 3. The fourth-order valence-corrected chi connectivity index (χ4v) is 10.3. The minimum Gasteiger partial charge on any atom is -0.309 e. The van der Waals surface area contributed by atoms with Crippen molar-refractivity contribution in [2.75, 3.05) is 0 Å². The summed E-state index contributed by atoms with van der Waals surface area (Å²) in [5, 5.41) is 7.55. The Morgan fingerprint density at radius 2 is 0.508 bits per heavy atom. The van der Waals surface area contributed by atoms with Crippen LogP contribution in [0.3, 0.4) is 0 Å². The van der Waals surface area contributed by atoms with Crippen LogP contribution in [-0.2, 0) is 10.8 Å². The highest BCUT2D eigenvalue weighted by Crippen LogP contribution is 2.40. The average Bonchev–Trinajstić information content (AvgIpc) is 3.96. The van der Waals surface area contributed by atoms with E-state index in [9.17, 15) is 0 Å². The second-order valence-electron chi connectivity index (χ2n) is 19.9. The van der Waals surface area contributed by atoms with Gasteiger partial charge >= 0.3 is 0 Å². The number of rotatable bonds is 5. The summed E-state index contributed by atoms with van der Waals surface area (Å²) in [4.78, 5) is 0. The summed E-state index contributed by atoms with van der Waals surface area (Å²) in [6.07, 6.45) is 0. The Morgan fingerprint density at radius 1 is 0.246 bits per heavy atom. The first kappa shape index (κ1) is 39.0. The maximum Gasteiger partial charge on any atom is 0.0541 e. The molecule has 0 N–H and O–H groups in total. The van der Waals surface area contributed by atoms with Gasteiger partial charge in [-0.25, -0.2) is 0 Å². The van der Waals surface area contributed by atoms with Crippen LogP contribution in [0.2, 0.25) is 0 Å². The molecule has 0 aliphatic heterocycles. The molecule has 0 unspecified atom stereocenters. The normalized spacial score (nSPS) is 12.5. The van der Waals surface area contributed by atoms with Crippen LogP contribution in [-0.4, -0.2) is 13.7 Å². The van der Waals surface area contributed by atoms with Crippen LogP contribution in [0.15, 0.2) is 200 Å². The molecule has 65 heavy (non-hydrogen) atoms. The Morgan fingerprint density at radius 3 is 0.831 bits per heavy atom. The van der Waals surface area contributed by atoms with Crippen molar-refractivity contribution in [1.29, 1.82) is 0 Å². The molecule has 3 nitrogen and oxygen atoms in total. The van der Waals surface area contributed by atoms with E-state index in [1.54, 1.807) is 0 Å². The van der Waals surface area contributed by atoms with Gasteiger partial charge in [0, 0.05) is 49.4 Å². The summed E-state index contributed by atoms with van der Waals surface area (Å²) < 4.78 is 7.23. The number of para-hydroxylation sites is 3. The van der Waals surface area contributed by atoms with E-state index in [4.69, 9.17) is 0 Å². The van der Waals surface area contributed by atoms with E-state index in [0.717, 1.165) is 5.69 Å². The van der Waals surface area contributed by atoms with E-state index in [-0.39, 0.29) is 10.8 Å². The van der Waals surface area contributed by atoms with Gasteiger partial charge in [0.25, 0.3) is 0 Å². The standard InChI is InChI=1S/C62H51N3/c1-61(2,3)44-24-30-47(31-25-44)64-56-17-11-7-13-49(56)52-37-41(21-34-58(52)64)40-19-28-46(29-20-40)63-55-16-10-8-14-50(55)53-38-42(22-35-59(53)63)43-23-36-60-54(39-43)51-15-9-12-18-57(51)65(60)48-32-26-45(27-33-48)62(4,5)6/h7-39H,1-6H3. The molecule has 0 atom stereocenters. The van der Waals surface area contributed by atoms with Crippen molar-refractivity contribution in [3.05, 3.63) is 211 Å². The van der Waals surface area contributed by atoms with Crippen LogP contribution in [0.5, 0.6) is 0 Å². The number of hydrogen-bond donors (Lipinski definition) is 0. The molecule has 3 heterocycles. The molecule has 3 aromatic heterocycles. The zero-order valence-corrected chi connectivity index (χ0v) is 37.9. The molecule has 0 bridgehead atoms. The van der Waals surface area contributed by atoms with Gasteiger partial charge in [0.1, 0.15) is 0 Å². The van der Waals surface area contributed by atoms with Gasteiger partial charge in [-0.2, -0.15) is 0 Å². The van der Waals surface area contributed by atoms with Crippen molar-refractivity contribution in [2.45, 2.75) is 52.4 Å². The minimum absolute atomic E-state index is 0.105. The molecule has 0 amide bonds. The highest BCUT2D eigenvalue weighted by Gasteiger charge is 2.20. The second-order valence-corrected chi connectivity index (χ2v) is 19.9. The summed E-state index contributed by atoms with van der Waals surface area (Å²) in [5.41, 5.74) is 18.5. The lowest BCUT2D eigenvalue weighted by Gasteiger charge is -2.19. The van der Waals surface area contributed by atoms with E-state index >= 15 is 0 Å². The van der Waals surface area contributed by atoms with Crippen LogP contribution in [0.1, 0.15) is 52.7 Å². The lowest BCUT2D eigenvalue weighted by Crippen LogP contribution is -2.10. The molecule has 0 spiro atoms. The topological polar surface area (TPSA) is 14.8 Å². The fourth-order valence-electron chi connectivity index (χ4n) is 10.3. The molecule has 12 rings (SSSR count). The Hall–Kier alpha value is -7.62. The number of benzene rings is 9. The number of fused-ring (bicyclic) bond motifs is 9. The molecule has 0 aliphatic rings. The van der Waals surface area contributed by atoms with Crippen molar-refractivity contribution < 1.29 is 0 Å². The van der Waals surface area contributed by atoms with Crippen LogP contribution in [0, 0.1) is 0 Å². The van der Waals surface area contributed by atoms with Crippen LogP contribution in [0.4, 0.5) is 0 Å². The van der Waals surface area contributed by atoms with Crippen molar-refractivity contribution in [1.82, 2.24) is 13.7 Å². The van der Waals surface area contributed by atoms with Crippen molar-refractivity contribution in [2.24, 2.45) is 0 Å². The quantitative estimate of drug-likeness (QED) is 0.164. The zero-order valence-electron chi connectivity index (χ0n) is 37.9. The minimum atomic E-state index is 0.105. The van der Waals surface area contributed by atoms with Gasteiger partial charge in [-0.1, -0.05) is 151 Å². The SMILES string of the molecule is CC(C)(C)c1ccc(-n2c3ccccc3c3cc(-c4ccc(-n5c6ccccc6c6cc(-c7ccc8c(c7)c7ccccc7n8-c7ccc(C(C)(C)C)cc7)ccc65)cc4)ccc32)cc1. The molecule has 0 saturated carbocycles. The molecule has 0 saturated heterocycles. The summed E-state index contributed by atoms with van der Waals surface area (Å²) in [5.74, 6) is 0. The average molecular weight is 838 g/mol. The van der Waals surface area contributed by atoms with Crippen molar-refractivity contribution in [3.63, 3.8) is 0 Å². The van der Waals surface area contributed by atoms with Crippen molar-refractivity contribution >= 4 is 65.4 Å². The van der Waals surface area contributed by atoms with Gasteiger partial charge in [-0.15, -0.1) is 0 Å². The van der Waals surface area contributed by atoms with Crippen LogP contribution < -0.4 is 0 Å². The van der Waals surface area contributed by atoms with Gasteiger partial charge in [-0.3, -0.25) is 0 Å². The number of hydrogen-bond acceptors (Lipinski definition) is 0. The maximum absolute atomic E-state index is 2.42. The Bertz CT molecular complexity index is 3800. The van der Waals surface area contributed by atoms with Crippen LogP contribution >= 0.6 is 0 Å². The van der Waals surface area contributed by atoms with E-state index in [2.05, 4.69) is 255 Å². The Balaban J connectivity index is 0.912. The van der Waals surface area contributed by atoms with Crippen molar-refractivity contribution in [3.8, 4) is 39.3 Å². The third-order valence-corrected chi connectivity index (χ3v) is 13.8. The smallest absolute Gasteiger partial charge is 0.0541 e. The molecule has 9 aromatic carbocycles. The predicted molar refractivity (Wildman–Crippen MR) is 278 cm³/mol. The van der Waals surface area contributed by atoms with Crippen LogP contribution in [0.25, 0.3) is 105 Å². The fraction of sp³-hybridized carbons (Fsp3) is 0.129. The van der Waals surface area contributed by atoms with Gasteiger partial charge in [-0.05, 0) is 135 Å². The first-order valence-corrected chi connectivity index (χ1v) is 22.9. The molecule has 3 heteroatoms. The summed E-state index contributed by atoms with van der Waals surface area (Å²) in [6, 6.07) is 74.6. The first-order valence-electron chi connectivity index (χ1n) is 22.9. The first-order chi connectivity index (χ1) is 31.5. The molecule has 0 radical (unpaired) electrons. The summed E-state index contributed by atoms with van der Waals surface area (Å²) >= 11 is 0. The largest absolute Gasteiger partial charge is 0.309 e. The zero-order chi connectivity index (χ0) is 44.2. The van der Waals surface area contributed by atoms with Gasteiger partial charge < -0.3 is 13.7 Å². The lowest BCUT2D eigenvalue weighted by molar-refractivity contribution is 0.590. The van der Waals surface area contributed by atoms with E-state index in [0.29, 0.717) is 0 Å². The van der Waals surface area contributed by atoms with Gasteiger partial charge in [0.2, 0.25) is 0 Å². The second kappa shape index (κ2) is 14.5. The molecule has 0 fully saturated rings. The predicted octanol–water partition coefficient (Wildman–Crippen LogP) is 16.9. The highest BCUT2D eigenvalue weighted by molar-refractivity contribution is 6.13. The molecule has 0 aliphatic carbocycles. The molecule has 314 valence electrons. The molecular weight excluding hydrogens is 787 g/mol. The monoisotopic (exact) mass is 837 g/mol. The summed E-state index contributed by atoms with van der Waals surface area (Å²) in [7, 11) is 0. The van der Waals surface area contributed by atoms with E-state index in [1.807, 2.05) is 0 Å². The van der Waals surface area contributed by atoms with Gasteiger partial charge in [0.05, 0.1) is 33.1 Å². The summed E-state index contributed by atoms with van der Waals surface area (Å²) in [6.45, 7) is 13.6. The highest BCUT2D eigenvalue weighted by atomic mass is 15.0. The lowest BCUT2D eigenvalue weighted by atomic mass is 9.87.